The van der Waals surface area contributed by atoms with Crippen LogP contribution in [0.1, 0.15) is 24.2 Å². The van der Waals surface area contributed by atoms with Crippen molar-refractivity contribution in [2.75, 3.05) is 18.4 Å². The van der Waals surface area contributed by atoms with Crippen molar-refractivity contribution in [3.63, 3.8) is 0 Å². The summed E-state index contributed by atoms with van der Waals surface area (Å²) in [4.78, 5) is 31.5. The lowest BCUT2D eigenvalue weighted by Crippen LogP contribution is -2.44. The summed E-state index contributed by atoms with van der Waals surface area (Å²) in [5.74, 6) is 0.488. The minimum Gasteiger partial charge on any atom is -0.342 e. The molecule has 0 bridgehead atoms. The third-order valence-electron chi connectivity index (χ3n) is 5.05. The maximum Gasteiger partial charge on any atom is 0.229 e. The molecule has 0 saturated carbocycles. The lowest BCUT2D eigenvalue weighted by molar-refractivity contribution is -0.133. The first kappa shape index (κ1) is 18.2. The van der Waals surface area contributed by atoms with Gasteiger partial charge in [0.15, 0.2) is 5.65 Å². The first-order chi connectivity index (χ1) is 13.6. The van der Waals surface area contributed by atoms with E-state index in [0.717, 1.165) is 24.1 Å². The number of anilines is 1. The molecule has 3 heterocycles. The normalized spacial score (nSPS) is 16.9. The molecule has 144 valence electrons. The Labute approximate surface area is 163 Å². The maximum atomic E-state index is 12.7. The predicted molar refractivity (Wildman–Crippen MR) is 106 cm³/mol. The lowest BCUT2D eigenvalue weighted by atomic mass is 9.96. The largest absolute Gasteiger partial charge is 0.342 e. The molecule has 1 atom stereocenters. The molecule has 1 fully saturated rings. The van der Waals surface area contributed by atoms with E-state index in [1.807, 2.05) is 54.3 Å². The van der Waals surface area contributed by atoms with Crippen molar-refractivity contribution >= 4 is 23.1 Å². The third-order valence-corrected chi connectivity index (χ3v) is 5.05. The van der Waals surface area contributed by atoms with Crippen molar-refractivity contribution in [3.05, 3.63) is 60.0 Å². The van der Waals surface area contributed by atoms with Gasteiger partial charge in [0.05, 0.1) is 24.2 Å². The molecule has 0 spiro atoms. The SMILES string of the molecule is Cc1nc2ccc(NC(=O)C3CCCN(C(=O)Cc4ccccc4)C3)cn2n1. The number of nitrogens with one attached hydrogen (secondary N) is 1. The first-order valence-electron chi connectivity index (χ1n) is 9.54. The molecule has 28 heavy (non-hydrogen) atoms. The summed E-state index contributed by atoms with van der Waals surface area (Å²) >= 11 is 0. The van der Waals surface area contributed by atoms with Crippen molar-refractivity contribution in [2.24, 2.45) is 5.92 Å². The number of aromatic nitrogens is 3. The molecular formula is C21H23N5O2. The summed E-state index contributed by atoms with van der Waals surface area (Å²) in [5, 5.41) is 7.23. The average molecular weight is 377 g/mol. The zero-order valence-corrected chi connectivity index (χ0v) is 15.8. The molecular weight excluding hydrogens is 354 g/mol. The van der Waals surface area contributed by atoms with Crippen molar-refractivity contribution in [3.8, 4) is 0 Å². The van der Waals surface area contributed by atoms with Gasteiger partial charge in [-0.3, -0.25) is 9.59 Å². The van der Waals surface area contributed by atoms with Gasteiger partial charge in [0.2, 0.25) is 11.8 Å². The molecule has 0 aliphatic carbocycles. The number of rotatable bonds is 4. The van der Waals surface area contributed by atoms with Gasteiger partial charge in [0.1, 0.15) is 5.82 Å². The number of hydrogen-bond acceptors (Lipinski definition) is 4. The van der Waals surface area contributed by atoms with Crippen LogP contribution in [0.15, 0.2) is 48.7 Å². The summed E-state index contributed by atoms with van der Waals surface area (Å²) in [6.07, 6.45) is 3.75. The summed E-state index contributed by atoms with van der Waals surface area (Å²) in [6, 6.07) is 13.4. The van der Waals surface area contributed by atoms with E-state index < -0.39 is 0 Å². The van der Waals surface area contributed by atoms with Gasteiger partial charge in [-0.05, 0) is 37.5 Å². The fourth-order valence-corrected chi connectivity index (χ4v) is 3.61. The van der Waals surface area contributed by atoms with Gasteiger partial charge in [0.25, 0.3) is 0 Å². The molecule has 1 saturated heterocycles. The second-order valence-corrected chi connectivity index (χ2v) is 7.21. The summed E-state index contributed by atoms with van der Waals surface area (Å²) in [5.41, 5.74) is 2.41. The van der Waals surface area contributed by atoms with Crippen LogP contribution in [0.5, 0.6) is 0 Å². The van der Waals surface area contributed by atoms with Crippen LogP contribution in [0.4, 0.5) is 5.69 Å². The molecule has 1 aliphatic heterocycles. The number of likely N-dealkylation sites (tertiary alicyclic amines) is 1. The van der Waals surface area contributed by atoms with Crippen molar-refractivity contribution in [2.45, 2.75) is 26.2 Å². The van der Waals surface area contributed by atoms with E-state index in [2.05, 4.69) is 15.4 Å². The van der Waals surface area contributed by atoms with Crippen molar-refractivity contribution in [1.82, 2.24) is 19.5 Å². The maximum absolute atomic E-state index is 12.7. The van der Waals surface area contributed by atoms with Crippen LogP contribution in [0, 0.1) is 12.8 Å². The van der Waals surface area contributed by atoms with Crippen LogP contribution in [-0.2, 0) is 16.0 Å². The van der Waals surface area contributed by atoms with Crippen LogP contribution >= 0.6 is 0 Å². The highest BCUT2D eigenvalue weighted by Gasteiger charge is 2.28. The Morgan fingerprint density at radius 3 is 2.82 bits per heavy atom. The Balaban J connectivity index is 1.39. The fraction of sp³-hybridized carbons (Fsp3) is 0.333. The molecule has 0 radical (unpaired) electrons. The Hall–Kier alpha value is -3.22. The minimum absolute atomic E-state index is 0.0617. The second-order valence-electron chi connectivity index (χ2n) is 7.21. The molecule has 7 nitrogen and oxygen atoms in total. The van der Waals surface area contributed by atoms with Gasteiger partial charge in [-0.1, -0.05) is 30.3 Å². The minimum atomic E-state index is -0.207. The lowest BCUT2D eigenvalue weighted by Gasteiger charge is -2.32. The monoisotopic (exact) mass is 377 g/mol. The molecule has 1 unspecified atom stereocenters. The zero-order chi connectivity index (χ0) is 19.5. The van der Waals surface area contributed by atoms with E-state index in [0.29, 0.717) is 31.0 Å². The highest BCUT2D eigenvalue weighted by Crippen LogP contribution is 2.20. The molecule has 3 aromatic rings. The van der Waals surface area contributed by atoms with Gasteiger partial charge in [-0.2, -0.15) is 5.10 Å². The zero-order valence-electron chi connectivity index (χ0n) is 15.8. The summed E-state index contributed by atoms with van der Waals surface area (Å²) in [7, 11) is 0. The van der Waals surface area contributed by atoms with Crippen molar-refractivity contribution < 1.29 is 9.59 Å². The topological polar surface area (TPSA) is 79.6 Å². The fourth-order valence-electron chi connectivity index (χ4n) is 3.61. The highest BCUT2D eigenvalue weighted by molar-refractivity contribution is 5.93. The van der Waals surface area contributed by atoms with Crippen molar-refractivity contribution in [1.29, 1.82) is 0 Å². The number of nitrogens with zero attached hydrogens (tertiary/aromatic N) is 4. The summed E-state index contributed by atoms with van der Waals surface area (Å²) < 4.78 is 1.65. The van der Waals surface area contributed by atoms with Crippen LogP contribution in [0.25, 0.3) is 5.65 Å². The van der Waals surface area contributed by atoms with Gasteiger partial charge in [-0.15, -0.1) is 0 Å². The average Bonchev–Trinajstić information content (AvgIpc) is 3.08. The third kappa shape index (κ3) is 4.03. The van der Waals surface area contributed by atoms with E-state index in [-0.39, 0.29) is 17.7 Å². The standard InChI is InChI=1S/C21H23N5O2/c1-15-22-19-10-9-18(14-26(19)24-15)23-21(28)17-8-5-11-25(13-17)20(27)12-16-6-3-2-4-7-16/h2-4,6-7,9-10,14,17H,5,8,11-13H2,1H3,(H,23,28). The molecule has 2 aromatic heterocycles. The van der Waals surface area contributed by atoms with Gasteiger partial charge in [-0.25, -0.2) is 9.50 Å². The van der Waals surface area contributed by atoms with Crippen LogP contribution in [0.2, 0.25) is 0 Å². The predicted octanol–water partition coefficient (Wildman–Crippen LogP) is 2.46. The number of carbonyl (C=O) groups excluding carboxylic acids is 2. The smallest absolute Gasteiger partial charge is 0.229 e. The van der Waals surface area contributed by atoms with Gasteiger partial charge >= 0.3 is 0 Å². The quantitative estimate of drug-likeness (QED) is 0.757. The van der Waals surface area contributed by atoms with Crippen LogP contribution < -0.4 is 5.32 Å². The number of fused-ring (bicyclic) bond motifs is 1. The summed E-state index contributed by atoms with van der Waals surface area (Å²) in [6.45, 7) is 3.00. The molecule has 4 rings (SSSR count). The Morgan fingerprint density at radius 2 is 2.00 bits per heavy atom. The van der Waals surface area contributed by atoms with Gasteiger partial charge in [0, 0.05) is 13.1 Å². The van der Waals surface area contributed by atoms with E-state index in [1.165, 1.54) is 0 Å². The van der Waals surface area contributed by atoms with Gasteiger partial charge < -0.3 is 10.2 Å². The van der Waals surface area contributed by atoms with E-state index in [9.17, 15) is 9.59 Å². The number of aryl methyl sites for hydroxylation is 1. The Bertz CT molecular complexity index is 998. The molecule has 7 heteroatoms. The number of pyridine rings is 1. The van der Waals surface area contributed by atoms with Crippen LogP contribution in [0.3, 0.4) is 0 Å². The number of hydrogen-bond donors (Lipinski definition) is 1. The number of benzene rings is 1. The second kappa shape index (κ2) is 7.80. The van der Waals surface area contributed by atoms with E-state index in [1.54, 1.807) is 10.7 Å². The molecule has 2 amide bonds. The highest BCUT2D eigenvalue weighted by atomic mass is 16.2. The van der Waals surface area contributed by atoms with Crippen LogP contribution in [-0.4, -0.2) is 44.4 Å². The number of carbonyl (C=O) groups is 2. The Kier molecular flexibility index (Phi) is 5.06. The molecule has 1 aliphatic rings. The number of piperidine rings is 1. The number of amides is 2. The van der Waals surface area contributed by atoms with E-state index in [4.69, 9.17) is 0 Å². The molecule has 1 N–H and O–H groups in total. The van der Waals surface area contributed by atoms with E-state index >= 15 is 0 Å². The first-order valence-corrected chi connectivity index (χ1v) is 9.54. The molecule has 1 aromatic carbocycles. The Morgan fingerprint density at radius 1 is 1.18 bits per heavy atom.